The summed E-state index contributed by atoms with van der Waals surface area (Å²) < 4.78 is 15.0. The Morgan fingerprint density at radius 3 is 2.21 bits per heavy atom. The van der Waals surface area contributed by atoms with E-state index in [1.54, 1.807) is 22.9 Å². The fraction of sp³-hybridized carbons (Fsp3) is 0.500. The molecule has 0 saturated carbocycles. The molecule has 1 aromatic heterocycles. The number of amides is 2. The molecule has 0 N–H and O–H groups in total. The maximum Gasteiger partial charge on any atom is 0.246 e. The zero-order valence-corrected chi connectivity index (χ0v) is 20.2. The van der Waals surface area contributed by atoms with Crippen LogP contribution in [0.1, 0.15) is 42.6 Å². The highest BCUT2D eigenvalue weighted by atomic mass is 19.1. The molecule has 34 heavy (non-hydrogen) atoms. The maximum absolute atomic E-state index is 13.3. The molecule has 0 bridgehead atoms. The molecule has 2 aromatic rings. The minimum absolute atomic E-state index is 0.0353. The fourth-order valence-electron chi connectivity index (χ4n) is 4.73. The third-order valence-electron chi connectivity index (χ3n) is 6.81. The van der Waals surface area contributed by atoms with Crippen LogP contribution in [0.25, 0.3) is 11.8 Å². The van der Waals surface area contributed by atoms with E-state index in [4.69, 9.17) is 0 Å². The standard InChI is InChI=1S/C26H34FN5O2/c1-20-24(21(2)32(28-20)23-9-7-22(27)8-10-23)11-12-25(33)31-17-15-29(16-18-31)19-26(34)30-13-5-3-4-6-14-30/h7-12H,3-6,13-19H2,1-2H3/b12-11+. The number of hydrogen-bond donors (Lipinski definition) is 0. The van der Waals surface area contributed by atoms with E-state index in [2.05, 4.69) is 10.00 Å². The minimum Gasteiger partial charge on any atom is -0.342 e. The monoisotopic (exact) mass is 467 g/mol. The zero-order chi connectivity index (χ0) is 24.1. The third-order valence-corrected chi connectivity index (χ3v) is 6.81. The number of carbonyl (C=O) groups is 2. The number of benzene rings is 1. The second-order valence-corrected chi connectivity index (χ2v) is 9.20. The van der Waals surface area contributed by atoms with Gasteiger partial charge in [0.2, 0.25) is 11.8 Å². The van der Waals surface area contributed by atoms with Crippen molar-refractivity contribution in [3.63, 3.8) is 0 Å². The van der Waals surface area contributed by atoms with E-state index in [0.717, 1.165) is 48.6 Å². The van der Waals surface area contributed by atoms with Crippen LogP contribution >= 0.6 is 0 Å². The molecule has 0 spiro atoms. The van der Waals surface area contributed by atoms with Crippen molar-refractivity contribution in [2.75, 3.05) is 45.8 Å². The highest BCUT2D eigenvalue weighted by Crippen LogP contribution is 2.20. The second-order valence-electron chi connectivity index (χ2n) is 9.20. The Morgan fingerprint density at radius 2 is 1.56 bits per heavy atom. The highest BCUT2D eigenvalue weighted by molar-refractivity contribution is 5.92. The van der Waals surface area contributed by atoms with Gasteiger partial charge in [0.25, 0.3) is 0 Å². The Labute approximate surface area is 200 Å². The maximum atomic E-state index is 13.3. The van der Waals surface area contributed by atoms with E-state index in [1.807, 2.05) is 29.7 Å². The molecular formula is C26H34FN5O2. The Bertz CT molecular complexity index is 1030. The van der Waals surface area contributed by atoms with E-state index in [9.17, 15) is 14.0 Å². The van der Waals surface area contributed by atoms with Crippen LogP contribution in [-0.4, -0.2) is 82.1 Å². The smallest absolute Gasteiger partial charge is 0.246 e. The van der Waals surface area contributed by atoms with Gasteiger partial charge < -0.3 is 9.80 Å². The van der Waals surface area contributed by atoms with Crippen molar-refractivity contribution >= 4 is 17.9 Å². The van der Waals surface area contributed by atoms with Crippen LogP contribution in [0.3, 0.4) is 0 Å². The Hall–Kier alpha value is -3.00. The summed E-state index contributed by atoms with van der Waals surface area (Å²) in [6.07, 6.45) is 8.04. The van der Waals surface area contributed by atoms with Crippen molar-refractivity contribution < 1.29 is 14.0 Å². The van der Waals surface area contributed by atoms with Gasteiger partial charge in [0.15, 0.2) is 0 Å². The van der Waals surface area contributed by atoms with Crippen molar-refractivity contribution in [3.05, 3.63) is 53.1 Å². The van der Waals surface area contributed by atoms with Gasteiger partial charge in [-0.2, -0.15) is 5.10 Å². The van der Waals surface area contributed by atoms with Crippen LogP contribution in [0.2, 0.25) is 0 Å². The third kappa shape index (κ3) is 5.73. The highest BCUT2D eigenvalue weighted by Gasteiger charge is 2.24. The second kappa shape index (κ2) is 11.0. The summed E-state index contributed by atoms with van der Waals surface area (Å²) in [5, 5.41) is 4.56. The topological polar surface area (TPSA) is 61.7 Å². The molecule has 1 aromatic carbocycles. The van der Waals surface area contributed by atoms with E-state index in [-0.39, 0.29) is 17.6 Å². The molecule has 0 aliphatic carbocycles. The summed E-state index contributed by atoms with van der Waals surface area (Å²) in [4.78, 5) is 31.4. The van der Waals surface area contributed by atoms with Crippen molar-refractivity contribution in [1.29, 1.82) is 0 Å². The van der Waals surface area contributed by atoms with Crippen LogP contribution in [0.4, 0.5) is 4.39 Å². The first-order valence-electron chi connectivity index (χ1n) is 12.2. The predicted molar refractivity (Wildman–Crippen MR) is 130 cm³/mol. The fourth-order valence-corrected chi connectivity index (χ4v) is 4.73. The Balaban J connectivity index is 1.31. The minimum atomic E-state index is -0.289. The average molecular weight is 468 g/mol. The molecule has 2 fully saturated rings. The summed E-state index contributed by atoms with van der Waals surface area (Å²) in [6, 6.07) is 6.19. The van der Waals surface area contributed by atoms with Gasteiger partial charge in [-0.3, -0.25) is 14.5 Å². The van der Waals surface area contributed by atoms with Crippen LogP contribution < -0.4 is 0 Å². The molecule has 0 atom stereocenters. The SMILES string of the molecule is Cc1nn(-c2ccc(F)cc2)c(C)c1/C=C/C(=O)N1CCN(CC(=O)N2CCCCCC2)CC1. The molecule has 3 heterocycles. The lowest BCUT2D eigenvalue weighted by molar-refractivity contribution is -0.133. The summed E-state index contributed by atoms with van der Waals surface area (Å²) >= 11 is 0. The molecule has 2 saturated heterocycles. The van der Waals surface area contributed by atoms with Crippen molar-refractivity contribution in [2.24, 2.45) is 0 Å². The van der Waals surface area contributed by atoms with Gasteiger partial charge in [-0.15, -0.1) is 0 Å². The largest absolute Gasteiger partial charge is 0.342 e. The zero-order valence-electron chi connectivity index (χ0n) is 20.2. The van der Waals surface area contributed by atoms with Gasteiger partial charge in [0.05, 0.1) is 17.9 Å². The lowest BCUT2D eigenvalue weighted by Crippen LogP contribution is -2.51. The molecule has 2 aliphatic heterocycles. The number of likely N-dealkylation sites (tertiary alicyclic amines) is 1. The molecular weight excluding hydrogens is 433 g/mol. The Morgan fingerprint density at radius 1 is 0.912 bits per heavy atom. The van der Waals surface area contributed by atoms with Crippen LogP contribution in [0.5, 0.6) is 0 Å². The quantitative estimate of drug-likeness (QED) is 0.634. The van der Waals surface area contributed by atoms with E-state index >= 15 is 0 Å². The number of nitrogens with zero attached hydrogens (tertiary/aromatic N) is 5. The van der Waals surface area contributed by atoms with Gasteiger partial charge in [0.1, 0.15) is 5.82 Å². The lowest BCUT2D eigenvalue weighted by Gasteiger charge is -2.34. The Kier molecular flexibility index (Phi) is 7.77. The number of rotatable bonds is 5. The van der Waals surface area contributed by atoms with Gasteiger partial charge in [-0.25, -0.2) is 9.07 Å². The van der Waals surface area contributed by atoms with Crippen LogP contribution in [0.15, 0.2) is 30.3 Å². The summed E-state index contributed by atoms with van der Waals surface area (Å²) in [6.45, 7) is 8.67. The van der Waals surface area contributed by atoms with Crippen molar-refractivity contribution in [2.45, 2.75) is 39.5 Å². The molecule has 0 unspecified atom stereocenters. The van der Waals surface area contributed by atoms with E-state index < -0.39 is 0 Å². The van der Waals surface area contributed by atoms with Gasteiger partial charge in [-0.05, 0) is 57.0 Å². The van der Waals surface area contributed by atoms with Gasteiger partial charge in [-0.1, -0.05) is 12.8 Å². The molecule has 2 amide bonds. The number of hydrogen-bond acceptors (Lipinski definition) is 4. The van der Waals surface area contributed by atoms with Crippen LogP contribution in [0, 0.1) is 19.7 Å². The average Bonchev–Trinajstić information content (AvgIpc) is 3.01. The number of carbonyl (C=O) groups excluding carboxylic acids is 2. The molecule has 0 radical (unpaired) electrons. The summed E-state index contributed by atoms with van der Waals surface area (Å²) in [7, 11) is 0. The number of aryl methyl sites for hydroxylation is 1. The first-order chi connectivity index (χ1) is 16.4. The van der Waals surface area contributed by atoms with Crippen molar-refractivity contribution in [3.8, 4) is 5.69 Å². The predicted octanol–water partition coefficient (Wildman–Crippen LogP) is 3.19. The molecule has 2 aliphatic rings. The first kappa shape index (κ1) is 24.1. The van der Waals surface area contributed by atoms with E-state index in [1.165, 1.54) is 25.0 Å². The van der Waals surface area contributed by atoms with Crippen LogP contribution in [-0.2, 0) is 9.59 Å². The molecule has 7 nitrogen and oxygen atoms in total. The molecule has 8 heteroatoms. The number of halogens is 1. The molecule has 4 rings (SSSR count). The summed E-state index contributed by atoms with van der Waals surface area (Å²) in [5.74, 6) is -0.111. The normalized spacial score (nSPS) is 17.9. The first-order valence-corrected chi connectivity index (χ1v) is 12.2. The number of aromatic nitrogens is 2. The summed E-state index contributed by atoms with van der Waals surface area (Å²) in [5.41, 5.74) is 3.37. The van der Waals surface area contributed by atoms with Gasteiger partial charge in [0, 0.05) is 56.6 Å². The van der Waals surface area contributed by atoms with Crippen molar-refractivity contribution in [1.82, 2.24) is 24.5 Å². The number of piperazine rings is 1. The molecule has 182 valence electrons. The van der Waals surface area contributed by atoms with Gasteiger partial charge >= 0.3 is 0 Å². The lowest BCUT2D eigenvalue weighted by atomic mass is 10.1. The van der Waals surface area contributed by atoms with E-state index in [0.29, 0.717) is 32.7 Å².